The van der Waals surface area contributed by atoms with E-state index >= 15 is 0 Å². The number of ether oxygens (including phenoxy) is 3. The molecule has 3 atom stereocenters. The summed E-state index contributed by atoms with van der Waals surface area (Å²) >= 11 is 0. The van der Waals surface area contributed by atoms with E-state index in [-0.39, 0.29) is 12.1 Å². The minimum atomic E-state index is -0.617. The fourth-order valence-electron chi connectivity index (χ4n) is 3.78. The molecule has 31 heavy (non-hydrogen) atoms. The molecule has 1 aliphatic heterocycles. The third-order valence-electron chi connectivity index (χ3n) is 5.21. The van der Waals surface area contributed by atoms with E-state index in [4.69, 9.17) is 14.2 Å². The second kappa shape index (κ2) is 9.86. The highest BCUT2D eigenvalue weighted by molar-refractivity contribution is 5.77. The fraction of sp³-hybridized carbons (Fsp3) is 0.440. The average molecular weight is 426 g/mol. The van der Waals surface area contributed by atoms with E-state index < -0.39 is 23.7 Å². The highest BCUT2D eigenvalue weighted by Gasteiger charge is 2.40. The van der Waals surface area contributed by atoms with Crippen LogP contribution in [0.1, 0.15) is 38.3 Å². The van der Waals surface area contributed by atoms with Crippen LogP contribution in [0.15, 0.2) is 54.6 Å². The first-order valence-corrected chi connectivity index (χ1v) is 10.6. The third-order valence-corrected chi connectivity index (χ3v) is 5.21. The maximum absolute atomic E-state index is 12.7. The van der Waals surface area contributed by atoms with Gasteiger partial charge in [-0.05, 0) is 56.9 Å². The Morgan fingerprint density at radius 2 is 1.77 bits per heavy atom. The number of esters is 1. The van der Waals surface area contributed by atoms with E-state index in [0.717, 1.165) is 16.9 Å². The van der Waals surface area contributed by atoms with E-state index in [9.17, 15) is 9.59 Å². The van der Waals surface area contributed by atoms with Crippen LogP contribution in [-0.2, 0) is 27.1 Å². The summed E-state index contributed by atoms with van der Waals surface area (Å²) < 4.78 is 16.3. The van der Waals surface area contributed by atoms with Gasteiger partial charge in [-0.15, -0.1) is 0 Å². The van der Waals surface area contributed by atoms with Gasteiger partial charge in [0.2, 0.25) is 0 Å². The molecule has 2 aromatic carbocycles. The quantitative estimate of drug-likeness (QED) is 0.670. The normalized spacial score (nSPS) is 19.4. The summed E-state index contributed by atoms with van der Waals surface area (Å²) in [6.45, 7) is 5.44. The number of methoxy groups -OCH3 is 1. The molecule has 6 heteroatoms. The zero-order chi connectivity index (χ0) is 22.4. The Bertz CT molecular complexity index is 873. The van der Waals surface area contributed by atoms with Gasteiger partial charge in [0.25, 0.3) is 0 Å². The van der Waals surface area contributed by atoms with Crippen molar-refractivity contribution in [2.75, 3.05) is 7.11 Å². The number of hydrogen-bond donors (Lipinski definition) is 1. The van der Waals surface area contributed by atoms with Gasteiger partial charge in [0, 0.05) is 12.5 Å². The maximum Gasteiger partial charge on any atom is 0.407 e. The van der Waals surface area contributed by atoms with Crippen LogP contribution in [-0.4, -0.2) is 36.9 Å². The fourth-order valence-corrected chi connectivity index (χ4v) is 3.78. The summed E-state index contributed by atoms with van der Waals surface area (Å²) in [6.07, 6.45) is 0.925. The van der Waals surface area contributed by atoms with Gasteiger partial charge in [-0.3, -0.25) is 4.79 Å². The SMILES string of the molecule is COc1ccc(C[C@@H]2C[C@H]([C@H](Cc3ccccc3)NC(=O)OC(C)(C)C)C(=O)O2)cc1. The van der Waals surface area contributed by atoms with Crippen LogP contribution >= 0.6 is 0 Å². The zero-order valence-corrected chi connectivity index (χ0v) is 18.6. The van der Waals surface area contributed by atoms with Crippen molar-refractivity contribution in [3.8, 4) is 5.75 Å². The number of amides is 1. The Balaban J connectivity index is 1.70. The maximum atomic E-state index is 12.7. The standard InChI is InChI=1S/C25H31NO5/c1-25(2,3)31-24(28)26-22(15-17-8-6-5-7-9-17)21-16-20(30-23(21)27)14-18-10-12-19(29-4)13-11-18/h5-13,20-22H,14-16H2,1-4H3,(H,26,28)/t20-,21-,22+/m1/s1. The molecule has 0 spiro atoms. The lowest BCUT2D eigenvalue weighted by Crippen LogP contribution is -2.45. The molecule has 2 aromatic rings. The van der Waals surface area contributed by atoms with Crippen molar-refractivity contribution in [2.45, 2.75) is 57.8 Å². The first-order chi connectivity index (χ1) is 14.7. The molecule has 1 fully saturated rings. The first kappa shape index (κ1) is 22.7. The van der Waals surface area contributed by atoms with Gasteiger partial charge in [-0.25, -0.2) is 4.79 Å². The minimum absolute atomic E-state index is 0.232. The van der Waals surface area contributed by atoms with Crippen molar-refractivity contribution < 1.29 is 23.8 Å². The molecule has 1 aliphatic rings. The second-order valence-electron chi connectivity index (χ2n) is 8.90. The van der Waals surface area contributed by atoms with Crippen molar-refractivity contribution in [1.82, 2.24) is 5.32 Å². The second-order valence-corrected chi connectivity index (χ2v) is 8.90. The molecule has 0 saturated carbocycles. The first-order valence-electron chi connectivity index (χ1n) is 10.6. The molecule has 0 aromatic heterocycles. The average Bonchev–Trinajstić information content (AvgIpc) is 3.07. The van der Waals surface area contributed by atoms with Crippen molar-refractivity contribution >= 4 is 12.1 Å². The number of benzene rings is 2. The molecule has 1 saturated heterocycles. The van der Waals surface area contributed by atoms with Crippen LogP contribution < -0.4 is 10.1 Å². The van der Waals surface area contributed by atoms with Crippen LogP contribution in [0, 0.1) is 5.92 Å². The van der Waals surface area contributed by atoms with E-state index in [1.807, 2.05) is 75.4 Å². The highest BCUT2D eigenvalue weighted by atomic mass is 16.6. The van der Waals surface area contributed by atoms with E-state index in [1.165, 1.54) is 0 Å². The predicted molar refractivity (Wildman–Crippen MR) is 118 cm³/mol. The Hall–Kier alpha value is -3.02. The van der Waals surface area contributed by atoms with Gasteiger partial charge in [-0.2, -0.15) is 0 Å². The molecule has 1 N–H and O–H groups in total. The third kappa shape index (κ3) is 6.74. The molecule has 166 valence electrons. The van der Waals surface area contributed by atoms with Crippen LogP contribution in [0.2, 0.25) is 0 Å². The van der Waals surface area contributed by atoms with Gasteiger partial charge in [0.1, 0.15) is 17.5 Å². The molecule has 1 amide bonds. The van der Waals surface area contributed by atoms with Crippen molar-refractivity contribution in [3.63, 3.8) is 0 Å². The summed E-state index contributed by atoms with van der Waals surface area (Å²) in [6, 6.07) is 17.1. The smallest absolute Gasteiger partial charge is 0.407 e. The van der Waals surface area contributed by atoms with Gasteiger partial charge < -0.3 is 19.5 Å². The summed E-state index contributed by atoms with van der Waals surface area (Å²) in [5.74, 6) is 0.0704. The monoisotopic (exact) mass is 425 g/mol. The number of cyclic esters (lactones) is 1. The number of alkyl carbamates (subject to hydrolysis) is 1. The Morgan fingerprint density at radius 1 is 1.10 bits per heavy atom. The molecule has 3 rings (SSSR count). The number of carbonyl (C=O) groups excluding carboxylic acids is 2. The van der Waals surface area contributed by atoms with E-state index in [0.29, 0.717) is 19.3 Å². The predicted octanol–water partition coefficient (Wildman–Crippen LogP) is 4.31. The Kier molecular flexibility index (Phi) is 7.21. The van der Waals surface area contributed by atoms with Gasteiger partial charge in [0.15, 0.2) is 0 Å². The molecule has 0 unspecified atom stereocenters. The lowest BCUT2D eigenvalue weighted by molar-refractivity contribution is -0.144. The lowest BCUT2D eigenvalue weighted by Gasteiger charge is -2.26. The number of hydrogen-bond acceptors (Lipinski definition) is 5. The molecule has 6 nitrogen and oxygen atoms in total. The van der Waals surface area contributed by atoms with Crippen LogP contribution in [0.5, 0.6) is 5.75 Å². The Morgan fingerprint density at radius 3 is 2.39 bits per heavy atom. The zero-order valence-electron chi connectivity index (χ0n) is 18.6. The molecular formula is C25H31NO5. The van der Waals surface area contributed by atoms with Crippen LogP contribution in [0.4, 0.5) is 4.79 Å². The molecule has 0 bridgehead atoms. The van der Waals surface area contributed by atoms with E-state index in [1.54, 1.807) is 7.11 Å². The highest BCUT2D eigenvalue weighted by Crippen LogP contribution is 2.29. The molecule has 1 heterocycles. The summed E-state index contributed by atoms with van der Waals surface area (Å²) in [7, 11) is 1.63. The van der Waals surface area contributed by atoms with Crippen molar-refractivity contribution in [3.05, 3.63) is 65.7 Å². The largest absolute Gasteiger partial charge is 0.497 e. The minimum Gasteiger partial charge on any atom is -0.497 e. The van der Waals surface area contributed by atoms with E-state index in [2.05, 4.69) is 5.32 Å². The molecule has 0 aliphatic carbocycles. The summed E-state index contributed by atoms with van der Waals surface area (Å²) in [5, 5.41) is 2.92. The van der Waals surface area contributed by atoms with Gasteiger partial charge in [0.05, 0.1) is 13.0 Å². The number of nitrogens with one attached hydrogen (secondary N) is 1. The molecule has 0 radical (unpaired) electrons. The van der Waals surface area contributed by atoms with Crippen molar-refractivity contribution in [1.29, 1.82) is 0 Å². The number of rotatable bonds is 7. The van der Waals surface area contributed by atoms with Crippen molar-refractivity contribution in [2.24, 2.45) is 5.92 Å². The topological polar surface area (TPSA) is 73.9 Å². The number of carbonyl (C=O) groups is 2. The lowest BCUT2D eigenvalue weighted by atomic mass is 9.89. The van der Waals surface area contributed by atoms with Crippen LogP contribution in [0.3, 0.4) is 0 Å². The van der Waals surface area contributed by atoms with Gasteiger partial charge in [-0.1, -0.05) is 42.5 Å². The molecular weight excluding hydrogens is 394 g/mol. The van der Waals surface area contributed by atoms with Crippen LogP contribution in [0.25, 0.3) is 0 Å². The Labute approximate surface area is 183 Å². The van der Waals surface area contributed by atoms with Gasteiger partial charge >= 0.3 is 12.1 Å². The summed E-state index contributed by atoms with van der Waals surface area (Å²) in [4.78, 5) is 25.2. The summed E-state index contributed by atoms with van der Waals surface area (Å²) in [5.41, 5.74) is 1.49.